The van der Waals surface area contributed by atoms with Crippen molar-refractivity contribution in [1.82, 2.24) is 20.0 Å². The van der Waals surface area contributed by atoms with Crippen LogP contribution in [0.1, 0.15) is 15.9 Å². The van der Waals surface area contributed by atoms with Crippen LogP contribution in [0.4, 0.5) is 18.9 Å². The Balaban J connectivity index is 2.68. The molecule has 0 atom stereocenters. The van der Waals surface area contributed by atoms with Crippen LogP contribution in [0.25, 0.3) is 11.3 Å². The molecule has 1 heterocycles. The van der Waals surface area contributed by atoms with Crippen molar-refractivity contribution >= 4 is 30.0 Å². The second kappa shape index (κ2) is 7.57. The molecule has 0 saturated heterocycles. The normalized spacial score (nSPS) is 11.2. The summed E-state index contributed by atoms with van der Waals surface area (Å²) in [7, 11) is 1.41. The number of amides is 2. The molecular weight excluding hydrogens is 359 g/mol. The minimum absolute atomic E-state index is 0.0968. The van der Waals surface area contributed by atoms with Gasteiger partial charge in [0.2, 0.25) is 6.41 Å². The molecule has 2 aromatic rings. The number of hydrogen-bond acceptors (Lipinski definition) is 5. The lowest BCUT2D eigenvalue weighted by molar-refractivity contribution is -0.137. The molecule has 0 spiro atoms. The fraction of sp³-hybridized carbons (Fsp3) is 0.214. The Morgan fingerprint density at radius 2 is 2.12 bits per heavy atom. The van der Waals surface area contributed by atoms with Crippen molar-refractivity contribution < 1.29 is 22.8 Å². The average molecular weight is 373 g/mol. The fourth-order valence-electron chi connectivity index (χ4n) is 2.18. The first-order valence-corrected chi connectivity index (χ1v) is 8.04. The first-order chi connectivity index (χ1) is 11.8. The number of halogens is 3. The van der Waals surface area contributed by atoms with Crippen LogP contribution in [0.5, 0.6) is 0 Å². The van der Waals surface area contributed by atoms with E-state index in [-0.39, 0.29) is 28.9 Å². The van der Waals surface area contributed by atoms with Gasteiger partial charge in [-0.05, 0) is 24.5 Å². The smallest absolute Gasteiger partial charge is 0.328 e. The van der Waals surface area contributed by atoms with Gasteiger partial charge in [-0.3, -0.25) is 19.7 Å². The van der Waals surface area contributed by atoms with Crippen molar-refractivity contribution in [1.29, 1.82) is 0 Å². The number of aromatic nitrogens is 2. The van der Waals surface area contributed by atoms with Gasteiger partial charge >= 0.3 is 6.18 Å². The van der Waals surface area contributed by atoms with Crippen molar-refractivity contribution in [3.8, 4) is 11.3 Å². The highest BCUT2D eigenvalue weighted by atomic mass is 32.2. The van der Waals surface area contributed by atoms with Gasteiger partial charge in [0.1, 0.15) is 0 Å². The molecular formula is C14H14F3N5O2S. The molecule has 11 heteroatoms. The Kier molecular flexibility index (Phi) is 5.69. The maximum Gasteiger partial charge on any atom is 0.417 e. The quantitative estimate of drug-likeness (QED) is 0.411. The van der Waals surface area contributed by atoms with Crippen LogP contribution in [-0.2, 0) is 11.0 Å². The Bertz CT molecular complexity index is 765. The van der Waals surface area contributed by atoms with E-state index in [0.29, 0.717) is 0 Å². The molecule has 1 aromatic carbocycles. The third-order valence-electron chi connectivity index (χ3n) is 3.23. The number of hydrogen-bond donors (Lipinski definition) is 3. The highest BCUT2D eigenvalue weighted by Gasteiger charge is 2.36. The highest BCUT2D eigenvalue weighted by Crippen LogP contribution is 2.39. The first-order valence-electron chi connectivity index (χ1n) is 6.81. The average Bonchev–Trinajstić information content (AvgIpc) is 3.08. The number of aromatic amines is 1. The Morgan fingerprint density at radius 1 is 1.40 bits per heavy atom. The summed E-state index contributed by atoms with van der Waals surface area (Å²) in [6.45, 7) is 0. The zero-order valence-electron chi connectivity index (χ0n) is 13.1. The van der Waals surface area contributed by atoms with Gasteiger partial charge in [-0.1, -0.05) is 11.9 Å². The number of benzene rings is 1. The van der Waals surface area contributed by atoms with Gasteiger partial charge in [0.25, 0.3) is 5.91 Å². The minimum atomic E-state index is -4.69. The third-order valence-corrected chi connectivity index (χ3v) is 3.69. The third kappa shape index (κ3) is 4.12. The Morgan fingerprint density at radius 3 is 2.64 bits per heavy atom. The molecule has 0 aliphatic heterocycles. The van der Waals surface area contributed by atoms with Crippen LogP contribution in [0.2, 0.25) is 0 Å². The van der Waals surface area contributed by atoms with Gasteiger partial charge < -0.3 is 5.32 Å². The summed E-state index contributed by atoms with van der Waals surface area (Å²) < 4.78 is 40.2. The lowest BCUT2D eigenvalue weighted by Crippen LogP contribution is -2.35. The number of nitrogens with zero attached hydrogens (tertiary/aromatic N) is 2. The van der Waals surface area contributed by atoms with Gasteiger partial charge in [-0.2, -0.15) is 23.1 Å². The van der Waals surface area contributed by atoms with Crippen molar-refractivity contribution in [2.75, 3.05) is 18.6 Å². The monoisotopic (exact) mass is 373 g/mol. The van der Waals surface area contributed by atoms with Crippen molar-refractivity contribution in [2.24, 2.45) is 0 Å². The molecule has 7 nitrogen and oxygen atoms in total. The van der Waals surface area contributed by atoms with E-state index in [1.54, 1.807) is 6.26 Å². The number of anilines is 1. The second-order valence-electron chi connectivity index (χ2n) is 4.83. The minimum Gasteiger partial charge on any atom is -0.328 e. The molecule has 0 aliphatic rings. The number of alkyl halides is 3. The zero-order valence-corrected chi connectivity index (χ0v) is 14.0. The van der Waals surface area contributed by atoms with Gasteiger partial charge in [0, 0.05) is 18.8 Å². The summed E-state index contributed by atoms with van der Waals surface area (Å²) in [4.78, 5) is 25.9. The number of carbonyl (C=O) groups is 2. The van der Waals surface area contributed by atoms with Crippen molar-refractivity contribution in [3.63, 3.8) is 0 Å². The van der Waals surface area contributed by atoms with Gasteiger partial charge in [-0.25, -0.2) is 0 Å². The van der Waals surface area contributed by atoms with Crippen LogP contribution in [-0.4, -0.2) is 40.8 Å². The standard InChI is InChI=1S/C14H14F3N5O2S/c1-22(21-25-2)13(24)9-5-8(11-3-4-19-20-11)10(14(15,16)17)6-12(9)18-7-23/h3-7,21H,1-2H3,(H,18,23)(H,19,20). The molecule has 2 rings (SSSR count). The zero-order chi connectivity index (χ0) is 18.6. The van der Waals surface area contributed by atoms with E-state index in [0.717, 1.165) is 29.1 Å². The predicted octanol–water partition coefficient (Wildman–Crippen LogP) is 2.52. The van der Waals surface area contributed by atoms with Crippen LogP contribution in [0.3, 0.4) is 0 Å². The molecule has 1 aromatic heterocycles. The number of carbonyl (C=O) groups excluding carboxylic acids is 2. The molecule has 0 bridgehead atoms. The molecule has 0 fully saturated rings. The van der Waals surface area contributed by atoms with Crippen molar-refractivity contribution in [2.45, 2.75) is 6.18 Å². The molecule has 3 N–H and O–H groups in total. The number of hydrazine groups is 1. The lowest BCUT2D eigenvalue weighted by atomic mass is 9.98. The Labute approximate surface area is 145 Å². The molecule has 0 aliphatic carbocycles. The second-order valence-corrected chi connectivity index (χ2v) is 5.42. The lowest BCUT2D eigenvalue weighted by Gasteiger charge is -2.21. The van der Waals surface area contributed by atoms with Crippen LogP contribution in [0, 0.1) is 0 Å². The largest absolute Gasteiger partial charge is 0.417 e. The summed E-state index contributed by atoms with van der Waals surface area (Å²) in [6, 6.07) is 3.16. The van der Waals surface area contributed by atoms with E-state index in [9.17, 15) is 22.8 Å². The van der Waals surface area contributed by atoms with E-state index in [1.165, 1.54) is 19.3 Å². The van der Waals surface area contributed by atoms with E-state index < -0.39 is 17.6 Å². The van der Waals surface area contributed by atoms with E-state index >= 15 is 0 Å². The molecule has 0 unspecified atom stereocenters. The topological polar surface area (TPSA) is 90.1 Å². The summed E-state index contributed by atoms with van der Waals surface area (Å²) in [6.07, 6.45) is -1.50. The van der Waals surface area contributed by atoms with E-state index in [1.807, 2.05) is 0 Å². The predicted molar refractivity (Wildman–Crippen MR) is 87.5 cm³/mol. The first kappa shape index (κ1) is 18.8. The van der Waals surface area contributed by atoms with Gasteiger partial charge in [-0.15, -0.1) is 0 Å². The van der Waals surface area contributed by atoms with Crippen LogP contribution in [0.15, 0.2) is 24.4 Å². The summed E-state index contributed by atoms with van der Waals surface area (Å²) >= 11 is 1.13. The van der Waals surface area contributed by atoms with Crippen molar-refractivity contribution in [3.05, 3.63) is 35.5 Å². The molecule has 0 radical (unpaired) electrons. The van der Waals surface area contributed by atoms with Gasteiger partial charge in [0.05, 0.1) is 22.5 Å². The summed E-state index contributed by atoms with van der Waals surface area (Å²) in [5.74, 6) is -0.617. The van der Waals surface area contributed by atoms with Gasteiger partial charge in [0.15, 0.2) is 0 Å². The molecule has 134 valence electrons. The summed E-state index contributed by atoms with van der Waals surface area (Å²) in [5.41, 5.74) is -1.50. The molecule has 2 amide bonds. The summed E-state index contributed by atoms with van der Waals surface area (Å²) in [5, 5.41) is 9.35. The molecule has 0 saturated carbocycles. The number of H-pyrrole nitrogens is 1. The van der Waals surface area contributed by atoms with E-state index in [4.69, 9.17) is 0 Å². The Hall–Kier alpha value is -2.53. The molecule has 25 heavy (non-hydrogen) atoms. The highest BCUT2D eigenvalue weighted by molar-refractivity contribution is 7.96. The van der Waals surface area contributed by atoms with Crippen LogP contribution >= 0.6 is 11.9 Å². The number of rotatable bonds is 6. The maximum atomic E-state index is 13.4. The number of nitrogens with one attached hydrogen (secondary N) is 3. The van der Waals surface area contributed by atoms with Crippen LogP contribution < -0.4 is 10.1 Å². The fourth-order valence-corrected chi connectivity index (χ4v) is 2.54. The SMILES string of the molecule is CSNN(C)C(=O)c1cc(-c2ccn[nH]2)c(C(F)(F)F)cc1NC=O. The van der Waals surface area contributed by atoms with E-state index in [2.05, 4.69) is 20.3 Å². The maximum absolute atomic E-state index is 13.4.